The molecular weight excluding hydrogens is 280 g/mol. The highest BCUT2D eigenvalue weighted by atomic mass is 32.2. The fraction of sp³-hybridized carbons (Fsp3) is 0.250. The van der Waals surface area contributed by atoms with Gasteiger partial charge >= 0.3 is 0 Å². The van der Waals surface area contributed by atoms with Gasteiger partial charge in [-0.25, -0.2) is 9.69 Å². The summed E-state index contributed by atoms with van der Waals surface area (Å²) in [4.78, 5) is 12.0. The fourth-order valence-electron chi connectivity index (χ4n) is 2.06. The topological polar surface area (TPSA) is 80.5 Å². The summed E-state index contributed by atoms with van der Waals surface area (Å²) in [5.74, 6) is 0.811. The van der Waals surface area contributed by atoms with Gasteiger partial charge in [0, 0.05) is 0 Å². The Kier molecular flexibility index (Phi) is 3.23. The van der Waals surface area contributed by atoms with Crippen LogP contribution in [-0.4, -0.2) is 38.7 Å². The van der Waals surface area contributed by atoms with E-state index in [0.29, 0.717) is 11.5 Å². The molecule has 1 saturated heterocycles. The third-order valence-corrected chi connectivity index (χ3v) is 4.19. The van der Waals surface area contributed by atoms with Crippen LogP contribution in [0.5, 0.6) is 11.5 Å². The van der Waals surface area contributed by atoms with Gasteiger partial charge < -0.3 is 9.84 Å². The Hall–Kier alpha value is -2.22. The molecule has 1 aromatic heterocycles. The lowest BCUT2D eigenvalue weighted by Crippen LogP contribution is -2.37. The molecule has 1 aliphatic heterocycles. The predicted molar refractivity (Wildman–Crippen MR) is 73.1 cm³/mol. The lowest BCUT2D eigenvalue weighted by Gasteiger charge is -2.24. The molecular formula is C12H12N4O3S. The Morgan fingerprint density at radius 2 is 2.15 bits per heavy atom. The van der Waals surface area contributed by atoms with Crippen LogP contribution in [0.3, 0.4) is 0 Å². The summed E-state index contributed by atoms with van der Waals surface area (Å²) >= 11 is 1.50. The average molecular weight is 292 g/mol. The van der Waals surface area contributed by atoms with Gasteiger partial charge in [-0.1, -0.05) is 6.07 Å². The van der Waals surface area contributed by atoms with Gasteiger partial charge in [0.25, 0.3) is 5.91 Å². The lowest BCUT2D eigenvalue weighted by molar-refractivity contribution is -0.117. The summed E-state index contributed by atoms with van der Waals surface area (Å²) in [7, 11) is 1.49. The summed E-state index contributed by atoms with van der Waals surface area (Å²) in [6.07, 6.45) is 2.96. The zero-order valence-electron chi connectivity index (χ0n) is 10.6. The molecule has 1 atom stereocenters. The number of methoxy groups -OCH3 is 1. The van der Waals surface area contributed by atoms with Gasteiger partial charge in [-0.2, -0.15) is 0 Å². The number of aromatic nitrogens is 3. The van der Waals surface area contributed by atoms with E-state index < -0.39 is 0 Å². The van der Waals surface area contributed by atoms with Gasteiger partial charge in [0.05, 0.1) is 12.9 Å². The first-order valence-corrected chi connectivity index (χ1v) is 6.91. The maximum Gasteiger partial charge on any atom is 0.252 e. The number of hydrogen-bond donors (Lipinski definition) is 1. The number of nitrogens with zero attached hydrogens (tertiary/aromatic N) is 4. The minimum Gasteiger partial charge on any atom is -0.504 e. The Bertz CT molecular complexity index is 632. The molecule has 1 amide bonds. The summed E-state index contributed by atoms with van der Waals surface area (Å²) in [5, 5.41) is 18.5. The number of phenolic OH excluding ortho intramolecular Hbond substituents is 1. The second kappa shape index (κ2) is 5.04. The Morgan fingerprint density at radius 3 is 2.85 bits per heavy atom. The second-order valence-corrected chi connectivity index (χ2v) is 5.24. The molecule has 1 unspecified atom stereocenters. The molecule has 8 heteroatoms. The smallest absolute Gasteiger partial charge is 0.252 e. The van der Waals surface area contributed by atoms with Crippen LogP contribution in [0.1, 0.15) is 10.9 Å². The highest BCUT2D eigenvalue weighted by Gasteiger charge is 2.34. The van der Waals surface area contributed by atoms with E-state index in [9.17, 15) is 9.90 Å². The van der Waals surface area contributed by atoms with Crippen molar-refractivity contribution in [2.75, 3.05) is 17.9 Å². The first kappa shape index (κ1) is 12.8. The number of phenols is 1. The van der Waals surface area contributed by atoms with Crippen molar-refractivity contribution in [3.63, 3.8) is 0 Å². The molecule has 1 aromatic carbocycles. The third-order valence-electron chi connectivity index (χ3n) is 2.99. The van der Waals surface area contributed by atoms with Gasteiger partial charge in [0.15, 0.2) is 11.5 Å². The third kappa shape index (κ3) is 2.07. The van der Waals surface area contributed by atoms with Crippen LogP contribution in [0.4, 0.5) is 0 Å². The van der Waals surface area contributed by atoms with Crippen LogP contribution in [0.25, 0.3) is 0 Å². The van der Waals surface area contributed by atoms with Gasteiger partial charge in [-0.05, 0) is 17.7 Å². The number of carbonyl (C=O) groups is 1. The monoisotopic (exact) mass is 292 g/mol. The number of ether oxygens (including phenoxy) is 1. The van der Waals surface area contributed by atoms with Gasteiger partial charge in [0.2, 0.25) is 0 Å². The predicted octanol–water partition coefficient (Wildman–Crippen LogP) is 0.902. The molecule has 1 aliphatic rings. The van der Waals surface area contributed by atoms with Gasteiger partial charge in [-0.3, -0.25) is 4.79 Å². The first-order chi connectivity index (χ1) is 9.70. The molecule has 1 N–H and O–H groups in total. The number of amides is 1. The van der Waals surface area contributed by atoms with E-state index in [0.717, 1.165) is 5.56 Å². The van der Waals surface area contributed by atoms with E-state index in [1.54, 1.807) is 27.9 Å². The zero-order chi connectivity index (χ0) is 14.1. The fourth-order valence-corrected chi connectivity index (χ4v) is 3.20. The maximum absolute atomic E-state index is 12.0. The number of aromatic hydroxyl groups is 1. The van der Waals surface area contributed by atoms with Crippen LogP contribution < -0.4 is 9.75 Å². The molecule has 7 nitrogen and oxygen atoms in total. The van der Waals surface area contributed by atoms with E-state index in [1.165, 1.54) is 31.5 Å². The average Bonchev–Trinajstić information content (AvgIpc) is 3.08. The van der Waals surface area contributed by atoms with Crippen LogP contribution in [0.15, 0.2) is 30.9 Å². The van der Waals surface area contributed by atoms with E-state index in [1.807, 2.05) is 0 Å². The van der Waals surface area contributed by atoms with E-state index >= 15 is 0 Å². The van der Waals surface area contributed by atoms with Crippen molar-refractivity contribution in [2.45, 2.75) is 5.37 Å². The molecule has 0 bridgehead atoms. The number of hydrogen-bond acceptors (Lipinski definition) is 6. The van der Waals surface area contributed by atoms with E-state index in [4.69, 9.17) is 4.74 Å². The van der Waals surface area contributed by atoms with Crippen molar-refractivity contribution >= 4 is 17.7 Å². The van der Waals surface area contributed by atoms with Crippen LogP contribution >= 0.6 is 11.8 Å². The molecule has 2 aromatic rings. The van der Waals surface area contributed by atoms with Gasteiger partial charge in [-0.15, -0.1) is 22.0 Å². The van der Waals surface area contributed by atoms with Crippen molar-refractivity contribution in [2.24, 2.45) is 0 Å². The van der Waals surface area contributed by atoms with Crippen LogP contribution in [0.2, 0.25) is 0 Å². The van der Waals surface area contributed by atoms with Crippen molar-refractivity contribution in [1.82, 2.24) is 14.9 Å². The molecule has 0 spiro atoms. The van der Waals surface area contributed by atoms with Crippen molar-refractivity contribution in [3.8, 4) is 11.5 Å². The van der Waals surface area contributed by atoms with E-state index in [2.05, 4.69) is 10.2 Å². The summed E-state index contributed by atoms with van der Waals surface area (Å²) in [6, 6.07) is 5.05. The SMILES string of the molecule is COc1cc(C2SCC(=O)N2n2cnnc2)ccc1O. The number of benzene rings is 1. The van der Waals surface area contributed by atoms with E-state index in [-0.39, 0.29) is 17.0 Å². The number of thioether (sulfide) groups is 1. The van der Waals surface area contributed by atoms with Crippen molar-refractivity contribution < 1.29 is 14.6 Å². The molecule has 1 fully saturated rings. The van der Waals surface area contributed by atoms with Crippen molar-refractivity contribution in [3.05, 3.63) is 36.4 Å². The minimum atomic E-state index is -0.201. The lowest BCUT2D eigenvalue weighted by atomic mass is 10.2. The maximum atomic E-state index is 12.0. The van der Waals surface area contributed by atoms with Crippen LogP contribution in [0, 0.1) is 0 Å². The molecule has 20 heavy (non-hydrogen) atoms. The Morgan fingerprint density at radius 1 is 1.40 bits per heavy atom. The standard InChI is InChI=1S/C12H12N4O3S/c1-19-10-4-8(2-3-9(10)17)12-16(11(18)5-20-12)15-6-13-14-7-15/h2-4,6-7,12,17H,5H2,1H3. The molecule has 0 aliphatic carbocycles. The summed E-state index contributed by atoms with van der Waals surface area (Å²) in [6.45, 7) is 0. The molecule has 3 rings (SSSR count). The van der Waals surface area contributed by atoms with Gasteiger partial charge in [0.1, 0.15) is 18.0 Å². The highest BCUT2D eigenvalue weighted by Crippen LogP contribution is 2.40. The zero-order valence-corrected chi connectivity index (χ0v) is 11.4. The van der Waals surface area contributed by atoms with Crippen LogP contribution in [-0.2, 0) is 4.79 Å². The summed E-state index contributed by atoms with van der Waals surface area (Å²) in [5.41, 5.74) is 0.865. The largest absolute Gasteiger partial charge is 0.504 e. The highest BCUT2D eigenvalue weighted by molar-refractivity contribution is 8.00. The molecule has 104 valence electrons. The normalized spacial score (nSPS) is 18.6. The Labute approximate surface area is 119 Å². The number of carbonyl (C=O) groups excluding carboxylic acids is 1. The quantitative estimate of drug-likeness (QED) is 0.905. The first-order valence-electron chi connectivity index (χ1n) is 5.86. The molecule has 0 saturated carbocycles. The molecule has 2 heterocycles. The summed E-state index contributed by atoms with van der Waals surface area (Å²) < 4.78 is 6.67. The second-order valence-electron chi connectivity index (χ2n) is 4.17. The minimum absolute atomic E-state index is 0.0214. The molecule has 0 radical (unpaired) electrons. The van der Waals surface area contributed by atoms with Crippen molar-refractivity contribution in [1.29, 1.82) is 0 Å². The Balaban J connectivity index is 1.98. The number of rotatable bonds is 3.